The number of rotatable bonds is 2. The molecule has 2 rings (SSSR count). The van der Waals surface area contributed by atoms with Gasteiger partial charge in [0.25, 0.3) is 0 Å². The van der Waals surface area contributed by atoms with Crippen molar-refractivity contribution in [1.29, 1.82) is 5.26 Å². The fraction of sp³-hybridized carbons (Fsp3) is 0.0769. The molecule has 0 aliphatic carbocycles. The van der Waals surface area contributed by atoms with E-state index in [0.717, 1.165) is 10.9 Å². The van der Waals surface area contributed by atoms with Crippen LogP contribution in [0.15, 0.2) is 42.2 Å². The van der Waals surface area contributed by atoms with Gasteiger partial charge < -0.3 is 5.11 Å². The van der Waals surface area contributed by atoms with Crippen molar-refractivity contribution < 1.29 is 5.11 Å². The lowest BCUT2D eigenvalue weighted by molar-refractivity contribution is 0.419. The van der Waals surface area contributed by atoms with E-state index in [0.29, 0.717) is 5.69 Å². The van der Waals surface area contributed by atoms with Crippen LogP contribution in [0.1, 0.15) is 5.69 Å². The Kier molecular flexibility index (Phi) is 3.27. The van der Waals surface area contributed by atoms with Gasteiger partial charge in [-0.1, -0.05) is 24.3 Å². The normalized spacial score (nSPS) is 12.0. The number of halogens is 1. The zero-order valence-corrected chi connectivity index (χ0v) is 9.65. The number of pyridine rings is 1. The molecular formula is C13H9ClN2O. The highest BCUT2D eigenvalue weighted by atomic mass is 35.5. The van der Waals surface area contributed by atoms with Gasteiger partial charge in [0.05, 0.1) is 17.1 Å². The van der Waals surface area contributed by atoms with E-state index in [2.05, 4.69) is 4.98 Å². The first-order chi connectivity index (χ1) is 8.26. The Balaban J connectivity index is 2.61. The topological polar surface area (TPSA) is 56.9 Å². The molecule has 84 valence electrons. The molecule has 17 heavy (non-hydrogen) atoms. The summed E-state index contributed by atoms with van der Waals surface area (Å²) in [6.07, 6.45) is 0. The van der Waals surface area contributed by atoms with Crippen LogP contribution in [0.2, 0.25) is 0 Å². The zero-order valence-electron chi connectivity index (χ0n) is 8.89. The summed E-state index contributed by atoms with van der Waals surface area (Å²) in [6.45, 7) is 0. The molecule has 0 fully saturated rings. The fourth-order valence-corrected chi connectivity index (χ4v) is 1.68. The summed E-state index contributed by atoms with van der Waals surface area (Å²) in [7, 11) is 0. The van der Waals surface area contributed by atoms with Crippen molar-refractivity contribution in [2.45, 2.75) is 0 Å². The molecule has 0 aliphatic rings. The van der Waals surface area contributed by atoms with Gasteiger partial charge in [-0.25, -0.2) is 4.98 Å². The number of hydrogen-bond acceptors (Lipinski definition) is 3. The Hall–Kier alpha value is -2.05. The molecule has 0 atom stereocenters. The van der Waals surface area contributed by atoms with Crippen LogP contribution in [0, 0.1) is 11.3 Å². The van der Waals surface area contributed by atoms with Gasteiger partial charge in [-0.3, -0.25) is 0 Å². The Bertz CT molecular complexity index is 629. The van der Waals surface area contributed by atoms with Crippen LogP contribution in [0.5, 0.6) is 0 Å². The monoisotopic (exact) mass is 244 g/mol. The van der Waals surface area contributed by atoms with E-state index in [1.807, 2.05) is 36.4 Å². The highest BCUT2D eigenvalue weighted by molar-refractivity contribution is 6.19. The maximum absolute atomic E-state index is 9.53. The summed E-state index contributed by atoms with van der Waals surface area (Å²) in [5, 5.41) is 19.5. The van der Waals surface area contributed by atoms with Crippen molar-refractivity contribution >= 4 is 28.1 Å². The summed E-state index contributed by atoms with van der Waals surface area (Å²) in [5.74, 6) is -0.255. The number of hydrogen-bond donors (Lipinski definition) is 1. The van der Waals surface area contributed by atoms with E-state index in [9.17, 15) is 5.11 Å². The molecule has 1 aromatic heterocycles. The second kappa shape index (κ2) is 4.86. The van der Waals surface area contributed by atoms with E-state index in [1.165, 1.54) is 0 Å². The van der Waals surface area contributed by atoms with Crippen LogP contribution in [0.4, 0.5) is 0 Å². The van der Waals surface area contributed by atoms with Crippen LogP contribution in [-0.2, 0) is 0 Å². The summed E-state index contributed by atoms with van der Waals surface area (Å²) in [4.78, 5) is 4.32. The highest BCUT2D eigenvalue weighted by Crippen LogP contribution is 2.19. The van der Waals surface area contributed by atoms with Crippen LogP contribution >= 0.6 is 11.6 Å². The molecule has 0 radical (unpaired) electrons. The minimum Gasteiger partial charge on any atom is -0.510 e. The molecule has 0 unspecified atom stereocenters. The third-order valence-corrected chi connectivity index (χ3v) is 2.63. The Labute approximate surface area is 104 Å². The molecule has 2 aromatic rings. The van der Waals surface area contributed by atoms with Gasteiger partial charge in [-0.05, 0) is 12.1 Å². The Morgan fingerprint density at radius 3 is 2.76 bits per heavy atom. The average molecular weight is 245 g/mol. The first kappa shape index (κ1) is 11.4. The van der Waals surface area contributed by atoms with Crippen molar-refractivity contribution in [1.82, 2.24) is 4.98 Å². The van der Waals surface area contributed by atoms with E-state index < -0.39 is 0 Å². The van der Waals surface area contributed by atoms with E-state index in [-0.39, 0.29) is 17.2 Å². The number of benzene rings is 1. The number of aliphatic hydroxyl groups is 1. The molecular weight excluding hydrogens is 236 g/mol. The molecule has 0 spiro atoms. The molecule has 0 aliphatic heterocycles. The summed E-state index contributed by atoms with van der Waals surface area (Å²) < 4.78 is 0. The number of alkyl halides is 1. The largest absolute Gasteiger partial charge is 0.510 e. The molecule has 3 nitrogen and oxygen atoms in total. The lowest BCUT2D eigenvalue weighted by Gasteiger charge is -2.03. The van der Waals surface area contributed by atoms with Crippen LogP contribution < -0.4 is 0 Å². The minimum atomic E-state index is -0.156. The van der Waals surface area contributed by atoms with Crippen LogP contribution in [0.3, 0.4) is 0 Å². The van der Waals surface area contributed by atoms with Crippen molar-refractivity contribution in [2.24, 2.45) is 0 Å². The minimum absolute atomic E-state index is 0.0998. The quantitative estimate of drug-likeness (QED) is 0.501. The number of fused-ring (bicyclic) bond motifs is 1. The molecule has 0 saturated carbocycles. The number of nitrogens with zero attached hydrogens (tertiary/aromatic N) is 2. The first-order valence-electron chi connectivity index (χ1n) is 5.00. The summed E-state index contributed by atoms with van der Waals surface area (Å²) >= 11 is 5.51. The van der Waals surface area contributed by atoms with Gasteiger partial charge in [-0.2, -0.15) is 5.26 Å². The standard InChI is InChI=1S/C13H9ClN2O/c14-7-13(17)10(8-15)12-6-5-9-3-1-2-4-11(9)16-12/h1-6,17H,7H2/b13-10+. The predicted molar refractivity (Wildman–Crippen MR) is 67.6 cm³/mol. The number of aromatic nitrogens is 1. The zero-order chi connectivity index (χ0) is 12.3. The van der Waals surface area contributed by atoms with Gasteiger partial charge in [0, 0.05) is 5.39 Å². The number of aliphatic hydroxyl groups excluding tert-OH is 1. The van der Waals surface area contributed by atoms with E-state index in [4.69, 9.17) is 16.9 Å². The third kappa shape index (κ3) is 2.22. The predicted octanol–water partition coefficient (Wildman–Crippen LogP) is 3.27. The molecule has 0 saturated heterocycles. The third-order valence-electron chi connectivity index (χ3n) is 2.38. The lowest BCUT2D eigenvalue weighted by atomic mass is 10.1. The average Bonchev–Trinajstić information content (AvgIpc) is 2.39. The molecule has 1 heterocycles. The maximum Gasteiger partial charge on any atom is 0.127 e. The van der Waals surface area contributed by atoms with Crippen LogP contribution in [-0.4, -0.2) is 16.0 Å². The van der Waals surface area contributed by atoms with Crippen molar-refractivity contribution in [3.8, 4) is 6.07 Å². The second-order valence-corrected chi connectivity index (χ2v) is 3.72. The summed E-state index contributed by atoms with van der Waals surface area (Å²) in [5.41, 5.74) is 1.33. The fourth-order valence-electron chi connectivity index (χ4n) is 1.54. The smallest absolute Gasteiger partial charge is 0.127 e. The number of para-hydroxylation sites is 1. The molecule has 1 N–H and O–H groups in total. The van der Waals surface area contributed by atoms with Gasteiger partial charge in [0.15, 0.2) is 0 Å². The van der Waals surface area contributed by atoms with Crippen LogP contribution in [0.25, 0.3) is 16.5 Å². The number of allylic oxidation sites excluding steroid dienone is 2. The lowest BCUT2D eigenvalue weighted by Crippen LogP contribution is -1.94. The number of nitriles is 1. The first-order valence-corrected chi connectivity index (χ1v) is 5.54. The van der Waals surface area contributed by atoms with Gasteiger partial charge in [0.2, 0.25) is 0 Å². The van der Waals surface area contributed by atoms with E-state index >= 15 is 0 Å². The van der Waals surface area contributed by atoms with Crippen molar-refractivity contribution in [3.63, 3.8) is 0 Å². The van der Waals surface area contributed by atoms with Gasteiger partial charge >= 0.3 is 0 Å². The summed E-state index contributed by atoms with van der Waals surface area (Å²) in [6, 6.07) is 13.0. The molecule has 4 heteroatoms. The molecule has 0 bridgehead atoms. The van der Waals surface area contributed by atoms with Gasteiger partial charge in [-0.15, -0.1) is 11.6 Å². The second-order valence-electron chi connectivity index (χ2n) is 3.46. The van der Waals surface area contributed by atoms with Gasteiger partial charge in [0.1, 0.15) is 17.4 Å². The van der Waals surface area contributed by atoms with Crippen molar-refractivity contribution in [3.05, 3.63) is 47.9 Å². The SMILES string of the molecule is N#C/C(=C(\O)CCl)c1ccc2ccccc2n1. The highest BCUT2D eigenvalue weighted by Gasteiger charge is 2.09. The maximum atomic E-state index is 9.53. The molecule has 0 amide bonds. The Morgan fingerprint density at radius 2 is 2.06 bits per heavy atom. The molecule has 1 aromatic carbocycles. The van der Waals surface area contributed by atoms with E-state index in [1.54, 1.807) is 6.07 Å². The Morgan fingerprint density at radius 1 is 1.29 bits per heavy atom. The van der Waals surface area contributed by atoms with Crippen molar-refractivity contribution in [2.75, 3.05) is 5.88 Å².